The van der Waals surface area contributed by atoms with Gasteiger partial charge in [-0.2, -0.15) is 0 Å². The van der Waals surface area contributed by atoms with Crippen LogP contribution in [0, 0.1) is 22.1 Å². The van der Waals surface area contributed by atoms with Crippen LogP contribution in [0.25, 0.3) is 0 Å². The van der Waals surface area contributed by atoms with Crippen LogP contribution in [0.4, 0.5) is 8.78 Å². The first-order valence-electron chi connectivity index (χ1n) is 2.72. The van der Waals surface area contributed by atoms with E-state index in [1.54, 1.807) is 35.6 Å². The lowest BCUT2D eigenvalue weighted by molar-refractivity contribution is 0.503. The molecular weight excluding hydrogens is 249 g/mol. The van der Waals surface area contributed by atoms with Gasteiger partial charge in [-0.15, -0.1) is 0 Å². The highest BCUT2D eigenvalue weighted by Crippen LogP contribution is 2.15. The highest BCUT2D eigenvalue weighted by atomic mass is 127. The molecule has 0 unspecified atom stereocenters. The van der Waals surface area contributed by atoms with Gasteiger partial charge in [-0.1, -0.05) is 0 Å². The van der Waals surface area contributed by atoms with Crippen LogP contribution in [0.15, 0.2) is 12.1 Å². The minimum atomic E-state index is -0.774. The van der Waals surface area contributed by atoms with E-state index < -0.39 is 11.6 Å². The average Bonchev–Trinajstić information content (AvgIpc) is 1.82. The third kappa shape index (κ3) is 1.45. The molecule has 0 aliphatic heterocycles. The minimum Gasteiger partial charge on any atom is -0.204 e. The topological polar surface area (TPSA) is 0 Å². The fraction of sp³-hybridized carbons (Fsp3) is 0.143. The van der Waals surface area contributed by atoms with Crippen LogP contribution < -0.4 is 0 Å². The van der Waals surface area contributed by atoms with Gasteiger partial charge in [0.15, 0.2) is 11.6 Å². The van der Waals surface area contributed by atoms with Crippen molar-refractivity contribution in [1.29, 1.82) is 0 Å². The number of aryl methyl sites for hydroxylation is 1. The molecular formula is C7H5F2I. The summed E-state index contributed by atoms with van der Waals surface area (Å²) < 4.78 is 25.3. The van der Waals surface area contributed by atoms with E-state index in [1.165, 1.54) is 6.07 Å². The molecule has 0 heterocycles. The first-order valence-corrected chi connectivity index (χ1v) is 3.80. The predicted molar refractivity (Wildman–Crippen MR) is 43.8 cm³/mol. The van der Waals surface area contributed by atoms with Gasteiger partial charge in [0.25, 0.3) is 0 Å². The maximum Gasteiger partial charge on any atom is 0.172 e. The second-order valence-corrected chi connectivity index (χ2v) is 3.20. The van der Waals surface area contributed by atoms with Gasteiger partial charge in [0.05, 0.1) is 3.57 Å². The first kappa shape index (κ1) is 7.91. The highest BCUT2D eigenvalue weighted by molar-refractivity contribution is 14.1. The van der Waals surface area contributed by atoms with Crippen molar-refractivity contribution in [2.45, 2.75) is 6.92 Å². The second-order valence-electron chi connectivity index (χ2n) is 2.04. The Morgan fingerprint density at radius 2 is 1.90 bits per heavy atom. The zero-order valence-electron chi connectivity index (χ0n) is 5.29. The highest BCUT2D eigenvalue weighted by Gasteiger charge is 2.05. The molecule has 1 rings (SSSR count). The van der Waals surface area contributed by atoms with Gasteiger partial charge in [-0.25, -0.2) is 8.78 Å². The van der Waals surface area contributed by atoms with Crippen LogP contribution in [-0.2, 0) is 0 Å². The largest absolute Gasteiger partial charge is 0.204 e. The van der Waals surface area contributed by atoms with Crippen molar-refractivity contribution in [3.8, 4) is 0 Å². The Hall–Kier alpha value is -0.190. The molecule has 0 spiro atoms. The number of hydrogen-bond donors (Lipinski definition) is 0. The van der Waals surface area contributed by atoms with E-state index in [4.69, 9.17) is 0 Å². The lowest BCUT2D eigenvalue weighted by atomic mass is 10.2. The van der Waals surface area contributed by atoms with Gasteiger partial charge in [-0.3, -0.25) is 0 Å². The summed E-state index contributed by atoms with van der Waals surface area (Å²) in [6.07, 6.45) is 0. The standard InChI is InChI=1S/C7H5F2I/c1-4-2-5(8)7(9)6(10)3-4/h2-3H,1H3. The number of halogens is 3. The summed E-state index contributed by atoms with van der Waals surface area (Å²) in [7, 11) is 0. The maximum absolute atomic E-state index is 12.5. The van der Waals surface area contributed by atoms with Gasteiger partial charge < -0.3 is 0 Å². The van der Waals surface area contributed by atoms with Crippen molar-refractivity contribution in [3.05, 3.63) is 32.9 Å². The van der Waals surface area contributed by atoms with Crippen molar-refractivity contribution in [2.24, 2.45) is 0 Å². The monoisotopic (exact) mass is 254 g/mol. The second kappa shape index (κ2) is 2.82. The molecule has 3 heteroatoms. The van der Waals surface area contributed by atoms with Crippen LogP contribution in [0.3, 0.4) is 0 Å². The Morgan fingerprint density at radius 3 is 2.40 bits per heavy atom. The summed E-state index contributed by atoms with van der Waals surface area (Å²) in [5, 5.41) is 0. The fourth-order valence-electron chi connectivity index (χ4n) is 0.682. The molecule has 1 aromatic carbocycles. The zero-order chi connectivity index (χ0) is 7.72. The van der Waals surface area contributed by atoms with Gasteiger partial charge in [-0.05, 0) is 47.2 Å². The molecule has 0 bridgehead atoms. The van der Waals surface area contributed by atoms with E-state index >= 15 is 0 Å². The number of rotatable bonds is 0. The van der Waals surface area contributed by atoms with E-state index in [0.29, 0.717) is 3.57 Å². The van der Waals surface area contributed by atoms with Crippen molar-refractivity contribution in [2.75, 3.05) is 0 Å². The lowest BCUT2D eigenvalue weighted by Crippen LogP contribution is -1.89. The van der Waals surface area contributed by atoms with Gasteiger partial charge in [0, 0.05) is 0 Å². The third-order valence-electron chi connectivity index (χ3n) is 1.13. The molecule has 0 aromatic heterocycles. The smallest absolute Gasteiger partial charge is 0.172 e. The van der Waals surface area contributed by atoms with Crippen LogP contribution in [-0.4, -0.2) is 0 Å². The molecule has 0 radical (unpaired) electrons. The molecule has 0 saturated heterocycles. The first-order chi connectivity index (χ1) is 4.61. The van der Waals surface area contributed by atoms with E-state index in [-0.39, 0.29) is 0 Å². The normalized spacial score (nSPS) is 10.0. The molecule has 0 fully saturated rings. The number of benzene rings is 1. The lowest BCUT2D eigenvalue weighted by Gasteiger charge is -1.96. The summed E-state index contributed by atoms with van der Waals surface area (Å²) in [5.41, 5.74) is 0.739. The van der Waals surface area contributed by atoms with E-state index in [1.807, 2.05) is 0 Å². The van der Waals surface area contributed by atoms with Crippen LogP contribution in [0.1, 0.15) is 5.56 Å². The molecule has 0 atom stereocenters. The Labute approximate surface area is 71.4 Å². The van der Waals surface area contributed by atoms with Crippen LogP contribution in [0.5, 0.6) is 0 Å². The summed E-state index contributed by atoms with van der Waals surface area (Å²) in [6.45, 7) is 1.73. The van der Waals surface area contributed by atoms with Crippen LogP contribution in [0.2, 0.25) is 0 Å². The average molecular weight is 254 g/mol. The minimum absolute atomic E-state index is 0.329. The van der Waals surface area contributed by atoms with Crippen LogP contribution >= 0.6 is 22.6 Å². The maximum atomic E-state index is 12.5. The van der Waals surface area contributed by atoms with Crippen molar-refractivity contribution in [3.63, 3.8) is 0 Å². The molecule has 0 aliphatic rings. The Balaban J connectivity index is 3.31. The fourth-order valence-corrected chi connectivity index (χ4v) is 1.43. The Bertz CT molecular complexity index is 235. The molecule has 0 N–H and O–H groups in total. The van der Waals surface area contributed by atoms with Crippen molar-refractivity contribution in [1.82, 2.24) is 0 Å². The Morgan fingerprint density at radius 1 is 1.30 bits per heavy atom. The zero-order valence-corrected chi connectivity index (χ0v) is 7.45. The molecule has 0 nitrogen and oxygen atoms in total. The summed E-state index contributed by atoms with van der Waals surface area (Å²) in [5.74, 6) is -1.53. The molecule has 0 amide bonds. The van der Waals surface area contributed by atoms with E-state index in [0.717, 1.165) is 5.56 Å². The van der Waals surface area contributed by atoms with Gasteiger partial charge >= 0.3 is 0 Å². The quantitative estimate of drug-likeness (QED) is 0.493. The molecule has 1 aromatic rings. The summed E-state index contributed by atoms with van der Waals surface area (Å²) in [6, 6.07) is 2.77. The van der Waals surface area contributed by atoms with E-state index in [9.17, 15) is 8.78 Å². The molecule has 0 aliphatic carbocycles. The summed E-state index contributed by atoms with van der Waals surface area (Å²) >= 11 is 1.76. The predicted octanol–water partition coefficient (Wildman–Crippen LogP) is 2.88. The Kier molecular flexibility index (Phi) is 2.23. The third-order valence-corrected chi connectivity index (χ3v) is 1.91. The molecule has 10 heavy (non-hydrogen) atoms. The van der Waals surface area contributed by atoms with Crippen molar-refractivity contribution >= 4 is 22.6 Å². The summed E-state index contributed by atoms with van der Waals surface area (Å²) in [4.78, 5) is 0. The number of hydrogen-bond acceptors (Lipinski definition) is 0. The van der Waals surface area contributed by atoms with E-state index in [2.05, 4.69) is 0 Å². The van der Waals surface area contributed by atoms with Gasteiger partial charge in [0.1, 0.15) is 0 Å². The molecule has 54 valence electrons. The van der Waals surface area contributed by atoms with Crippen molar-refractivity contribution < 1.29 is 8.78 Å². The SMILES string of the molecule is Cc1cc(F)c(F)c(I)c1. The van der Waals surface area contributed by atoms with Gasteiger partial charge in [0.2, 0.25) is 0 Å². The molecule has 0 saturated carbocycles.